The number of nitrogens with one attached hydrogen (secondary N) is 1. The molecular formula is C19H27N5O3S. The Bertz CT molecular complexity index is 895. The highest BCUT2D eigenvalue weighted by atomic mass is 32.2. The third-order valence-corrected chi connectivity index (χ3v) is 6.51. The van der Waals surface area contributed by atoms with Gasteiger partial charge in [0.05, 0.1) is 22.5 Å². The SMILES string of the molecule is CCN(CC)c1ccc(S(=O)(=O)N(CC)CC)cc1NC(=O)c1cnccn1. The minimum absolute atomic E-state index is 0.140. The summed E-state index contributed by atoms with van der Waals surface area (Å²) in [4.78, 5) is 22.7. The number of amides is 1. The molecule has 9 heteroatoms. The molecule has 0 unspecified atom stereocenters. The van der Waals surface area contributed by atoms with Crippen molar-refractivity contribution >= 4 is 27.3 Å². The lowest BCUT2D eigenvalue weighted by atomic mass is 10.2. The predicted octanol–water partition coefficient (Wildman–Crippen LogP) is 2.61. The van der Waals surface area contributed by atoms with Gasteiger partial charge in [0.1, 0.15) is 5.69 Å². The standard InChI is InChI=1S/C19H27N5O3S/c1-5-23(6-2)18-10-9-15(28(26,27)24(7-3)8-4)13-16(18)22-19(25)17-14-20-11-12-21-17/h9-14H,5-8H2,1-4H3,(H,22,25). The zero-order valence-corrected chi connectivity index (χ0v) is 17.5. The van der Waals surface area contributed by atoms with Gasteiger partial charge in [-0.15, -0.1) is 0 Å². The molecule has 0 aliphatic rings. The summed E-state index contributed by atoms with van der Waals surface area (Å²) in [6.45, 7) is 9.76. The molecule has 0 radical (unpaired) electrons. The van der Waals surface area contributed by atoms with Crippen LogP contribution in [-0.2, 0) is 10.0 Å². The second kappa shape index (κ2) is 9.61. The lowest BCUT2D eigenvalue weighted by Crippen LogP contribution is -2.31. The van der Waals surface area contributed by atoms with Crippen molar-refractivity contribution in [3.8, 4) is 0 Å². The summed E-state index contributed by atoms with van der Waals surface area (Å²) in [5.41, 5.74) is 1.33. The summed E-state index contributed by atoms with van der Waals surface area (Å²) in [5.74, 6) is -0.445. The molecule has 0 saturated carbocycles. The van der Waals surface area contributed by atoms with Crippen molar-refractivity contribution in [2.45, 2.75) is 32.6 Å². The summed E-state index contributed by atoms with van der Waals surface area (Å²) in [6, 6.07) is 4.82. The number of nitrogens with zero attached hydrogens (tertiary/aromatic N) is 4. The number of hydrogen-bond donors (Lipinski definition) is 1. The predicted molar refractivity (Wildman–Crippen MR) is 110 cm³/mol. The first-order valence-corrected chi connectivity index (χ1v) is 10.8. The molecule has 0 aliphatic carbocycles. The molecule has 0 bridgehead atoms. The first-order chi connectivity index (χ1) is 13.4. The maximum atomic E-state index is 12.9. The van der Waals surface area contributed by atoms with Crippen molar-refractivity contribution in [1.29, 1.82) is 0 Å². The fourth-order valence-corrected chi connectivity index (χ4v) is 4.42. The second-order valence-corrected chi connectivity index (χ2v) is 7.92. The fraction of sp³-hybridized carbons (Fsp3) is 0.421. The molecule has 28 heavy (non-hydrogen) atoms. The topological polar surface area (TPSA) is 95.5 Å². The Balaban J connectivity index is 2.51. The van der Waals surface area contributed by atoms with Gasteiger partial charge in [0, 0.05) is 38.6 Å². The van der Waals surface area contributed by atoms with Crippen molar-refractivity contribution in [3.63, 3.8) is 0 Å². The number of carbonyl (C=O) groups excluding carboxylic acids is 1. The maximum absolute atomic E-state index is 12.9. The lowest BCUT2D eigenvalue weighted by Gasteiger charge is -2.25. The zero-order valence-electron chi connectivity index (χ0n) is 16.7. The van der Waals surface area contributed by atoms with Gasteiger partial charge in [0.25, 0.3) is 5.91 Å². The summed E-state index contributed by atoms with van der Waals surface area (Å²) >= 11 is 0. The molecule has 0 saturated heterocycles. The third-order valence-electron chi connectivity index (χ3n) is 4.46. The van der Waals surface area contributed by atoms with Gasteiger partial charge in [0.2, 0.25) is 10.0 Å². The Hall–Kier alpha value is -2.52. The Morgan fingerprint density at radius 2 is 1.71 bits per heavy atom. The van der Waals surface area contributed by atoms with Crippen molar-refractivity contribution < 1.29 is 13.2 Å². The maximum Gasteiger partial charge on any atom is 0.275 e. The fourth-order valence-electron chi connectivity index (χ4n) is 2.93. The monoisotopic (exact) mass is 405 g/mol. The molecule has 152 valence electrons. The Morgan fingerprint density at radius 3 is 2.25 bits per heavy atom. The second-order valence-electron chi connectivity index (χ2n) is 5.99. The van der Waals surface area contributed by atoms with E-state index in [1.807, 2.05) is 18.7 Å². The van der Waals surface area contributed by atoms with Crippen LogP contribution in [0.15, 0.2) is 41.7 Å². The Kier molecular flexibility index (Phi) is 7.47. The average molecular weight is 406 g/mol. The van der Waals surface area contributed by atoms with E-state index in [1.165, 1.54) is 29.0 Å². The number of anilines is 2. The van der Waals surface area contributed by atoms with Crippen LogP contribution >= 0.6 is 0 Å². The number of aromatic nitrogens is 2. The van der Waals surface area contributed by atoms with Crippen LogP contribution in [-0.4, -0.2) is 54.8 Å². The molecular weight excluding hydrogens is 378 g/mol. The molecule has 1 amide bonds. The molecule has 0 aliphatic heterocycles. The van der Waals surface area contributed by atoms with Crippen LogP contribution in [0.5, 0.6) is 0 Å². The van der Waals surface area contributed by atoms with Crippen molar-refractivity contribution in [1.82, 2.24) is 14.3 Å². The van der Waals surface area contributed by atoms with Crippen molar-refractivity contribution in [2.24, 2.45) is 0 Å². The van der Waals surface area contributed by atoms with E-state index in [0.717, 1.165) is 5.69 Å². The molecule has 0 spiro atoms. The van der Waals surface area contributed by atoms with E-state index in [2.05, 4.69) is 15.3 Å². The van der Waals surface area contributed by atoms with E-state index in [1.54, 1.807) is 26.0 Å². The van der Waals surface area contributed by atoms with Gasteiger partial charge >= 0.3 is 0 Å². The molecule has 2 aromatic rings. The number of sulfonamides is 1. The van der Waals surface area contributed by atoms with Crippen LogP contribution in [0.1, 0.15) is 38.2 Å². The highest BCUT2D eigenvalue weighted by molar-refractivity contribution is 7.89. The van der Waals surface area contributed by atoms with E-state index < -0.39 is 15.9 Å². The molecule has 1 aromatic heterocycles. The first kappa shape index (κ1) is 21.8. The minimum Gasteiger partial charge on any atom is -0.370 e. The van der Waals surface area contributed by atoms with Crippen LogP contribution in [0.2, 0.25) is 0 Å². The van der Waals surface area contributed by atoms with Crippen molar-refractivity contribution in [2.75, 3.05) is 36.4 Å². The van der Waals surface area contributed by atoms with Crippen LogP contribution in [0.4, 0.5) is 11.4 Å². The highest BCUT2D eigenvalue weighted by Gasteiger charge is 2.24. The molecule has 1 heterocycles. The summed E-state index contributed by atoms with van der Waals surface area (Å²) in [7, 11) is -3.64. The van der Waals surface area contributed by atoms with Crippen LogP contribution in [0.3, 0.4) is 0 Å². The molecule has 1 N–H and O–H groups in total. The zero-order chi connectivity index (χ0) is 20.7. The summed E-state index contributed by atoms with van der Waals surface area (Å²) in [5, 5.41) is 2.80. The van der Waals surface area contributed by atoms with E-state index >= 15 is 0 Å². The largest absolute Gasteiger partial charge is 0.370 e. The van der Waals surface area contributed by atoms with Gasteiger partial charge in [0.15, 0.2) is 0 Å². The van der Waals surface area contributed by atoms with Gasteiger partial charge in [-0.2, -0.15) is 4.31 Å². The highest BCUT2D eigenvalue weighted by Crippen LogP contribution is 2.30. The normalized spacial score (nSPS) is 11.5. The number of carbonyl (C=O) groups is 1. The van der Waals surface area contributed by atoms with Crippen LogP contribution < -0.4 is 10.2 Å². The van der Waals surface area contributed by atoms with Gasteiger partial charge in [-0.25, -0.2) is 13.4 Å². The van der Waals surface area contributed by atoms with E-state index in [-0.39, 0.29) is 10.6 Å². The molecule has 0 fully saturated rings. The van der Waals surface area contributed by atoms with Gasteiger partial charge in [-0.3, -0.25) is 9.78 Å². The summed E-state index contributed by atoms with van der Waals surface area (Å²) in [6.07, 6.45) is 4.28. The number of hydrogen-bond acceptors (Lipinski definition) is 6. The van der Waals surface area contributed by atoms with E-state index in [4.69, 9.17) is 0 Å². The third kappa shape index (κ3) is 4.66. The van der Waals surface area contributed by atoms with Crippen molar-refractivity contribution in [3.05, 3.63) is 42.5 Å². The molecule has 0 atom stereocenters. The van der Waals surface area contributed by atoms with Crippen LogP contribution in [0, 0.1) is 0 Å². The first-order valence-electron chi connectivity index (χ1n) is 9.35. The van der Waals surface area contributed by atoms with E-state index in [9.17, 15) is 13.2 Å². The van der Waals surface area contributed by atoms with Gasteiger partial charge in [-0.1, -0.05) is 13.8 Å². The van der Waals surface area contributed by atoms with Gasteiger partial charge in [-0.05, 0) is 32.0 Å². The molecule has 2 rings (SSSR count). The lowest BCUT2D eigenvalue weighted by molar-refractivity contribution is 0.102. The molecule has 8 nitrogen and oxygen atoms in total. The Morgan fingerprint density at radius 1 is 1.04 bits per heavy atom. The van der Waals surface area contributed by atoms with Gasteiger partial charge < -0.3 is 10.2 Å². The average Bonchev–Trinajstić information content (AvgIpc) is 2.71. The minimum atomic E-state index is -3.64. The summed E-state index contributed by atoms with van der Waals surface area (Å²) < 4.78 is 27.2. The quantitative estimate of drug-likeness (QED) is 0.689. The smallest absolute Gasteiger partial charge is 0.275 e. The van der Waals surface area contributed by atoms with Crippen LogP contribution in [0.25, 0.3) is 0 Å². The van der Waals surface area contributed by atoms with E-state index in [0.29, 0.717) is 31.9 Å². The Labute approximate surface area is 166 Å². The molecule has 1 aromatic carbocycles. The number of benzene rings is 1. The number of rotatable bonds is 9.